The van der Waals surface area contributed by atoms with Crippen molar-refractivity contribution in [2.75, 3.05) is 13.2 Å². The first-order valence-electron chi connectivity index (χ1n) is 33.2. The largest absolute Gasteiger partial charge is 0.462 e. The van der Waals surface area contributed by atoms with Crippen LogP contribution < -0.4 is 0 Å². The molecule has 0 heterocycles. The first-order valence-corrected chi connectivity index (χ1v) is 33.2. The summed E-state index contributed by atoms with van der Waals surface area (Å²) in [6, 6.07) is 0. The van der Waals surface area contributed by atoms with Crippen molar-refractivity contribution < 1.29 is 28.6 Å². The van der Waals surface area contributed by atoms with Gasteiger partial charge in [0.05, 0.1) is 0 Å². The van der Waals surface area contributed by atoms with E-state index < -0.39 is 6.10 Å². The smallest absolute Gasteiger partial charge is 0.306 e. The molecule has 0 bridgehead atoms. The van der Waals surface area contributed by atoms with Crippen LogP contribution in [0.4, 0.5) is 0 Å². The maximum atomic E-state index is 12.9. The first kappa shape index (κ1) is 75.5. The van der Waals surface area contributed by atoms with E-state index in [0.717, 1.165) is 135 Å². The summed E-state index contributed by atoms with van der Waals surface area (Å²) in [4.78, 5) is 38.0. The van der Waals surface area contributed by atoms with E-state index in [9.17, 15) is 14.4 Å². The number of ether oxygens (including phenoxy) is 3. The van der Waals surface area contributed by atoms with E-state index in [2.05, 4.69) is 154 Å². The molecule has 0 aliphatic rings. The summed E-state index contributed by atoms with van der Waals surface area (Å²) >= 11 is 0. The maximum Gasteiger partial charge on any atom is 0.306 e. The highest BCUT2D eigenvalue weighted by atomic mass is 16.6. The summed E-state index contributed by atoms with van der Waals surface area (Å²) in [7, 11) is 0. The van der Waals surface area contributed by atoms with Gasteiger partial charge < -0.3 is 14.2 Å². The van der Waals surface area contributed by atoms with Crippen molar-refractivity contribution in [3.8, 4) is 0 Å². The Balaban J connectivity index is 4.14. The molecule has 0 amide bonds. The molecular weight excluding hydrogens is 985 g/mol. The monoisotopic (exact) mass is 1110 g/mol. The third-order valence-electron chi connectivity index (χ3n) is 13.9. The van der Waals surface area contributed by atoms with Crippen LogP contribution in [0.1, 0.15) is 297 Å². The van der Waals surface area contributed by atoms with Crippen LogP contribution in [0.25, 0.3) is 0 Å². The molecule has 0 rings (SSSR count). The molecule has 0 aromatic heterocycles. The van der Waals surface area contributed by atoms with Gasteiger partial charge in [0.25, 0.3) is 0 Å². The molecule has 0 radical (unpaired) electrons. The minimum Gasteiger partial charge on any atom is -0.462 e. The Kier molecular flexibility index (Phi) is 63.3. The average molecular weight is 1110 g/mol. The molecule has 0 aromatic rings. The van der Waals surface area contributed by atoms with Gasteiger partial charge in [-0.3, -0.25) is 14.4 Å². The molecule has 0 N–H and O–H groups in total. The van der Waals surface area contributed by atoms with Crippen LogP contribution >= 0.6 is 0 Å². The van der Waals surface area contributed by atoms with E-state index in [1.165, 1.54) is 122 Å². The Morgan fingerprint density at radius 2 is 0.487 bits per heavy atom. The van der Waals surface area contributed by atoms with Crippen molar-refractivity contribution in [2.45, 2.75) is 303 Å². The van der Waals surface area contributed by atoms with Crippen LogP contribution in [0.5, 0.6) is 0 Å². The zero-order valence-electron chi connectivity index (χ0n) is 52.0. The van der Waals surface area contributed by atoms with E-state index >= 15 is 0 Å². The number of hydrogen-bond donors (Lipinski definition) is 0. The molecule has 0 spiro atoms. The second kappa shape index (κ2) is 67.1. The molecule has 1 unspecified atom stereocenters. The van der Waals surface area contributed by atoms with Crippen molar-refractivity contribution in [1.29, 1.82) is 0 Å². The van der Waals surface area contributed by atoms with Crippen molar-refractivity contribution in [1.82, 2.24) is 0 Å². The maximum absolute atomic E-state index is 12.9. The fraction of sp³-hybridized carbons (Fsp3) is 0.662. The second-order valence-corrected chi connectivity index (χ2v) is 21.6. The second-order valence-electron chi connectivity index (χ2n) is 21.6. The number of unbranched alkanes of at least 4 members (excludes halogenated alkanes) is 26. The Morgan fingerprint density at radius 3 is 0.762 bits per heavy atom. The highest BCUT2D eigenvalue weighted by Gasteiger charge is 2.19. The number of carbonyl (C=O) groups is 3. The van der Waals surface area contributed by atoms with E-state index in [1.54, 1.807) is 0 Å². The van der Waals surface area contributed by atoms with E-state index in [0.29, 0.717) is 19.3 Å². The van der Waals surface area contributed by atoms with E-state index in [-0.39, 0.29) is 31.1 Å². The molecule has 0 aliphatic carbocycles. The summed E-state index contributed by atoms with van der Waals surface area (Å²) in [6.45, 7) is 6.45. The van der Waals surface area contributed by atoms with Gasteiger partial charge in [0.1, 0.15) is 13.2 Å². The molecule has 0 fully saturated rings. The number of rotatable bonds is 59. The van der Waals surface area contributed by atoms with Crippen molar-refractivity contribution >= 4 is 17.9 Å². The van der Waals surface area contributed by atoms with E-state index in [4.69, 9.17) is 14.2 Å². The van der Waals surface area contributed by atoms with Gasteiger partial charge in [-0.1, -0.05) is 289 Å². The lowest BCUT2D eigenvalue weighted by molar-refractivity contribution is -0.167. The highest BCUT2D eigenvalue weighted by molar-refractivity contribution is 5.71. The molecule has 454 valence electrons. The van der Waals surface area contributed by atoms with Crippen LogP contribution in [-0.4, -0.2) is 37.2 Å². The molecule has 0 aromatic carbocycles. The molecule has 0 saturated heterocycles. The van der Waals surface area contributed by atoms with E-state index in [1.807, 2.05) is 0 Å². The zero-order valence-corrected chi connectivity index (χ0v) is 52.0. The lowest BCUT2D eigenvalue weighted by Gasteiger charge is -2.18. The summed E-state index contributed by atoms with van der Waals surface area (Å²) in [5.74, 6) is -0.909. The number of esters is 3. The van der Waals surface area contributed by atoms with Gasteiger partial charge in [0, 0.05) is 19.3 Å². The summed E-state index contributed by atoms with van der Waals surface area (Å²) in [5.41, 5.74) is 0. The summed E-state index contributed by atoms with van der Waals surface area (Å²) in [5, 5.41) is 0. The molecule has 1 atom stereocenters. The third kappa shape index (κ3) is 64.4. The van der Waals surface area contributed by atoms with Gasteiger partial charge in [0.2, 0.25) is 0 Å². The summed E-state index contributed by atoms with van der Waals surface area (Å²) in [6.07, 6.45) is 94.9. The fourth-order valence-corrected chi connectivity index (χ4v) is 8.94. The Labute approximate surface area is 494 Å². The molecule has 80 heavy (non-hydrogen) atoms. The van der Waals surface area contributed by atoms with Crippen LogP contribution in [-0.2, 0) is 28.6 Å². The minimum absolute atomic E-state index is 0.0856. The lowest BCUT2D eigenvalue weighted by Crippen LogP contribution is -2.30. The molecule has 6 nitrogen and oxygen atoms in total. The third-order valence-corrected chi connectivity index (χ3v) is 13.9. The van der Waals surface area contributed by atoms with Crippen LogP contribution in [0.2, 0.25) is 0 Å². The highest BCUT2D eigenvalue weighted by Crippen LogP contribution is 2.15. The van der Waals surface area contributed by atoms with Gasteiger partial charge in [-0.25, -0.2) is 0 Å². The number of hydrogen-bond acceptors (Lipinski definition) is 6. The van der Waals surface area contributed by atoms with Crippen molar-refractivity contribution in [3.63, 3.8) is 0 Å². The predicted molar refractivity (Wildman–Crippen MR) is 348 cm³/mol. The number of allylic oxidation sites excluding steroid dienone is 22. The first-order chi connectivity index (χ1) is 39.5. The average Bonchev–Trinajstić information content (AvgIpc) is 3.46. The van der Waals surface area contributed by atoms with Gasteiger partial charge in [0.15, 0.2) is 6.10 Å². The molecular formula is C74H122O6. The SMILES string of the molecule is CC/C=C\C/C=C\C/C=C\C/C=C\C/C=C\C/C=C\C/C=C\C/C=C\CCCCCCCCCCC(=O)OCC(COC(=O)CCCCCCCC)OC(=O)CCCCCCCCCC/C=C\C/C=C\C/C=C\CCCCCCC. The Bertz CT molecular complexity index is 1700. The quantitative estimate of drug-likeness (QED) is 0.0261. The van der Waals surface area contributed by atoms with Gasteiger partial charge >= 0.3 is 17.9 Å². The lowest BCUT2D eigenvalue weighted by atomic mass is 10.1. The summed E-state index contributed by atoms with van der Waals surface area (Å²) < 4.78 is 16.8. The fourth-order valence-electron chi connectivity index (χ4n) is 8.94. The zero-order chi connectivity index (χ0) is 57.8. The molecule has 0 saturated carbocycles. The normalized spacial score (nSPS) is 13.0. The molecule has 0 aliphatic heterocycles. The topological polar surface area (TPSA) is 78.9 Å². The minimum atomic E-state index is -0.787. The Hall–Kier alpha value is -4.45. The van der Waals surface area contributed by atoms with Crippen molar-refractivity contribution in [3.05, 3.63) is 134 Å². The van der Waals surface area contributed by atoms with Crippen LogP contribution in [0, 0.1) is 0 Å². The van der Waals surface area contributed by atoms with Crippen LogP contribution in [0.15, 0.2) is 134 Å². The van der Waals surface area contributed by atoms with Gasteiger partial charge in [-0.05, 0) is 122 Å². The Morgan fingerprint density at radius 1 is 0.263 bits per heavy atom. The molecule has 6 heteroatoms. The van der Waals surface area contributed by atoms with Gasteiger partial charge in [-0.15, -0.1) is 0 Å². The number of carbonyl (C=O) groups excluding carboxylic acids is 3. The standard InChI is InChI=1S/C74H122O6/c1-4-7-10-13-16-18-20-22-24-26-28-30-32-33-34-35-36-37-38-39-40-41-43-44-46-48-50-52-54-56-58-61-64-67-73(76)79-70-71(69-78-72(75)66-63-60-15-12-9-6-3)80-74(77)68-65-62-59-57-55-53-51-49-47-45-42-31-29-27-25-23-21-19-17-14-11-8-5-2/h7,10,16,18,21-24,27-30,33-34,36-37,39-40,42-45,71H,4-6,8-9,11-15,17,19-20,25-26,31-32,35,38,41,46-70H2,1-3H3/b10-7-,18-16-,23-21-,24-22-,29-27-,30-28-,34-33-,37-36-,40-39-,44-43-,45-42-. The van der Waals surface area contributed by atoms with Crippen LogP contribution in [0.3, 0.4) is 0 Å². The van der Waals surface area contributed by atoms with Crippen molar-refractivity contribution in [2.24, 2.45) is 0 Å². The van der Waals surface area contributed by atoms with Gasteiger partial charge in [-0.2, -0.15) is 0 Å². The predicted octanol–water partition coefficient (Wildman–Crippen LogP) is 22.9.